The number of hydrogen-bond acceptors (Lipinski definition) is 8. The fourth-order valence-electron chi connectivity index (χ4n) is 5.06. The third-order valence-corrected chi connectivity index (χ3v) is 7.71. The molecule has 3 atom stereocenters. The number of likely N-dealkylation sites (N-methyl/N-ethyl adjacent to an activating group) is 1. The number of aliphatic hydroxyl groups excluding tert-OH is 1. The van der Waals surface area contributed by atoms with Crippen molar-refractivity contribution in [3.63, 3.8) is 0 Å². The summed E-state index contributed by atoms with van der Waals surface area (Å²) in [5, 5.41) is 18.4. The average Bonchev–Trinajstić information content (AvgIpc) is 3.51. The smallest absolute Gasteiger partial charge is 0.323 e. The predicted molar refractivity (Wildman–Crippen MR) is 167 cm³/mol. The molecular weight excluding hydrogens is 582 g/mol. The third kappa shape index (κ3) is 7.15. The Morgan fingerprint density at radius 2 is 1.78 bits per heavy atom. The lowest BCUT2D eigenvalue weighted by molar-refractivity contribution is 0.0373. The molecule has 0 unspecified atom stereocenters. The van der Waals surface area contributed by atoms with E-state index in [1.165, 1.54) is 4.90 Å². The van der Waals surface area contributed by atoms with Crippen molar-refractivity contribution in [3.05, 3.63) is 66.2 Å². The van der Waals surface area contributed by atoms with Crippen LogP contribution in [0.15, 0.2) is 60.7 Å². The van der Waals surface area contributed by atoms with Crippen LogP contribution in [0.25, 0.3) is 0 Å². The van der Waals surface area contributed by atoms with E-state index >= 15 is 0 Å². The monoisotopic (exact) mass is 619 g/mol. The number of anilines is 3. The van der Waals surface area contributed by atoms with E-state index in [0.717, 1.165) is 0 Å². The van der Waals surface area contributed by atoms with Gasteiger partial charge in [0, 0.05) is 37.0 Å². The van der Waals surface area contributed by atoms with Gasteiger partial charge in [0.25, 0.3) is 5.91 Å². The largest absolute Gasteiger partial charge is 0.497 e. The molecule has 0 radical (unpaired) electrons. The number of methoxy groups -OCH3 is 1. The lowest BCUT2D eigenvalue weighted by Crippen LogP contribution is -2.50. The highest BCUT2D eigenvalue weighted by molar-refractivity contribution is 6.04. The molecule has 13 heteroatoms. The van der Waals surface area contributed by atoms with Crippen LogP contribution < -0.4 is 34.9 Å². The zero-order chi connectivity index (χ0) is 32.1. The maximum atomic E-state index is 13.8. The number of ether oxygens (including phenoxy) is 4. The second kappa shape index (κ2) is 13.6. The first-order chi connectivity index (χ1) is 21.7. The summed E-state index contributed by atoms with van der Waals surface area (Å²) in [4.78, 5) is 43.1. The number of para-hydroxylation sites is 1. The molecule has 13 nitrogen and oxygen atoms in total. The maximum Gasteiger partial charge on any atom is 0.323 e. The van der Waals surface area contributed by atoms with Gasteiger partial charge in [-0.1, -0.05) is 13.0 Å². The molecule has 4 N–H and O–H groups in total. The Bertz CT molecular complexity index is 1550. The molecule has 0 saturated carbocycles. The summed E-state index contributed by atoms with van der Waals surface area (Å²) in [5.74, 6) is 1.33. The molecule has 0 bridgehead atoms. The normalized spacial score (nSPS) is 17.6. The molecule has 5 rings (SSSR count). The Morgan fingerprint density at radius 3 is 2.51 bits per heavy atom. The molecular formula is C32H37N5O8. The molecule has 0 fully saturated rings. The summed E-state index contributed by atoms with van der Waals surface area (Å²) in [6.45, 7) is 3.99. The number of rotatable bonds is 8. The Morgan fingerprint density at radius 1 is 1.04 bits per heavy atom. The highest BCUT2D eigenvalue weighted by Crippen LogP contribution is 2.36. The van der Waals surface area contributed by atoms with Gasteiger partial charge in [-0.15, -0.1) is 0 Å². The van der Waals surface area contributed by atoms with Crippen molar-refractivity contribution in [1.29, 1.82) is 0 Å². The number of fused-ring (bicyclic) bond motifs is 2. The van der Waals surface area contributed by atoms with Crippen molar-refractivity contribution in [2.75, 3.05) is 56.6 Å². The molecule has 2 aliphatic rings. The molecule has 3 aromatic rings. The Kier molecular flexibility index (Phi) is 9.48. The standard InChI is InChI=1S/C32H37N5O8/c1-19-15-37(20(2)17-38)30(39)24-6-5-7-25(35-31(40)33-22-10-13-26-27(14-22)44-18-43-26)29(24)45-28(19)16-36(3)32(41)34-21-8-11-23(42-4)12-9-21/h5-14,19-20,28,38H,15-18H2,1-4H3,(H,34,41)(H2,33,35,40)/t19-,20+,28-/m0/s1. The fraction of sp³-hybridized carbons (Fsp3) is 0.344. The topological polar surface area (TPSA) is 151 Å². The van der Waals surface area contributed by atoms with Crippen LogP contribution >= 0.6 is 0 Å². The van der Waals surface area contributed by atoms with Crippen LogP contribution in [-0.2, 0) is 0 Å². The van der Waals surface area contributed by atoms with Gasteiger partial charge in [-0.2, -0.15) is 0 Å². The van der Waals surface area contributed by atoms with Crippen molar-refractivity contribution < 1.29 is 38.4 Å². The minimum absolute atomic E-state index is 0.107. The second-order valence-electron chi connectivity index (χ2n) is 11.0. The van der Waals surface area contributed by atoms with Gasteiger partial charge >= 0.3 is 12.1 Å². The van der Waals surface area contributed by atoms with E-state index in [4.69, 9.17) is 18.9 Å². The van der Waals surface area contributed by atoms with E-state index in [2.05, 4.69) is 16.0 Å². The number of nitrogens with one attached hydrogen (secondary N) is 3. The molecule has 5 amide bonds. The highest BCUT2D eigenvalue weighted by atomic mass is 16.7. The van der Waals surface area contributed by atoms with Gasteiger partial charge in [0.1, 0.15) is 11.9 Å². The summed E-state index contributed by atoms with van der Waals surface area (Å²) >= 11 is 0. The lowest BCUT2D eigenvalue weighted by Gasteiger charge is -2.38. The molecule has 0 saturated heterocycles. The van der Waals surface area contributed by atoms with Gasteiger partial charge in [0.05, 0.1) is 37.6 Å². The van der Waals surface area contributed by atoms with Crippen LogP contribution in [0, 0.1) is 5.92 Å². The van der Waals surface area contributed by atoms with Gasteiger partial charge in [-0.3, -0.25) is 4.79 Å². The SMILES string of the molecule is COc1ccc(NC(=O)N(C)C[C@@H]2Oc3c(NC(=O)Nc4ccc5c(c4)OCO5)cccc3C(=O)N([C@H](C)CO)C[C@@H]2C)cc1. The van der Waals surface area contributed by atoms with Crippen LogP contribution in [-0.4, -0.2) is 85.7 Å². The van der Waals surface area contributed by atoms with Crippen LogP contribution in [0.3, 0.4) is 0 Å². The number of benzene rings is 3. The number of nitrogens with zero attached hydrogens (tertiary/aromatic N) is 2. The van der Waals surface area contributed by atoms with Crippen LogP contribution in [0.4, 0.5) is 26.7 Å². The number of carbonyl (C=O) groups is 3. The molecule has 238 valence electrons. The summed E-state index contributed by atoms with van der Waals surface area (Å²) in [7, 11) is 3.22. The van der Waals surface area contributed by atoms with Crippen LogP contribution in [0.1, 0.15) is 24.2 Å². The summed E-state index contributed by atoms with van der Waals surface area (Å²) in [6.07, 6.45) is -0.586. The minimum Gasteiger partial charge on any atom is -0.497 e. The van der Waals surface area contributed by atoms with E-state index in [1.807, 2.05) is 6.92 Å². The van der Waals surface area contributed by atoms with E-state index in [9.17, 15) is 19.5 Å². The summed E-state index contributed by atoms with van der Waals surface area (Å²) in [5.41, 5.74) is 1.56. The number of urea groups is 2. The maximum absolute atomic E-state index is 13.8. The van der Waals surface area contributed by atoms with Crippen LogP contribution in [0.2, 0.25) is 0 Å². The highest BCUT2D eigenvalue weighted by Gasteiger charge is 2.35. The first kappa shape index (κ1) is 31.3. The number of carbonyl (C=O) groups excluding carboxylic acids is 3. The van der Waals surface area contributed by atoms with Gasteiger partial charge in [0.2, 0.25) is 6.79 Å². The Hall–Kier alpha value is -5.17. The van der Waals surface area contributed by atoms with E-state index in [1.54, 1.807) is 86.6 Å². The third-order valence-electron chi connectivity index (χ3n) is 7.71. The molecule has 0 spiro atoms. The second-order valence-corrected chi connectivity index (χ2v) is 11.0. The number of hydrogen-bond donors (Lipinski definition) is 4. The molecule has 0 aromatic heterocycles. The Labute approximate surface area is 261 Å². The molecule has 3 aromatic carbocycles. The summed E-state index contributed by atoms with van der Waals surface area (Å²) in [6, 6.07) is 15.5. The van der Waals surface area contributed by atoms with Crippen molar-refractivity contribution in [2.45, 2.75) is 26.0 Å². The molecule has 2 aliphatic heterocycles. The number of amides is 5. The minimum atomic E-state index is -0.586. The van der Waals surface area contributed by atoms with Crippen molar-refractivity contribution >= 4 is 35.0 Å². The van der Waals surface area contributed by atoms with Gasteiger partial charge in [-0.25, -0.2) is 9.59 Å². The Balaban J connectivity index is 1.38. The van der Waals surface area contributed by atoms with Crippen molar-refractivity contribution in [2.24, 2.45) is 5.92 Å². The van der Waals surface area contributed by atoms with E-state index in [-0.39, 0.29) is 61.3 Å². The zero-order valence-electron chi connectivity index (χ0n) is 25.5. The fourth-order valence-corrected chi connectivity index (χ4v) is 5.06. The quantitative estimate of drug-likeness (QED) is 0.289. The lowest BCUT2D eigenvalue weighted by atomic mass is 9.99. The summed E-state index contributed by atoms with van der Waals surface area (Å²) < 4.78 is 22.4. The first-order valence-corrected chi connectivity index (χ1v) is 14.5. The van der Waals surface area contributed by atoms with Gasteiger partial charge in [0.15, 0.2) is 17.2 Å². The molecule has 45 heavy (non-hydrogen) atoms. The molecule has 2 heterocycles. The van der Waals surface area contributed by atoms with E-state index < -0.39 is 18.2 Å². The van der Waals surface area contributed by atoms with Crippen molar-refractivity contribution in [1.82, 2.24) is 9.80 Å². The number of aliphatic hydroxyl groups is 1. The first-order valence-electron chi connectivity index (χ1n) is 14.5. The van der Waals surface area contributed by atoms with Gasteiger partial charge < -0.3 is 49.8 Å². The molecule has 0 aliphatic carbocycles. The van der Waals surface area contributed by atoms with Crippen LogP contribution in [0.5, 0.6) is 23.0 Å². The van der Waals surface area contributed by atoms with Crippen molar-refractivity contribution in [3.8, 4) is 23.0 Å². The zero-order valence-corrected chi connectivity index (χ0v) is 25.5. The predicted octanol–water partition coefficient (Wildman–Crippen LogP) is 4.45. The van der Waals surface area contributed by atoms with Gasteiger partial charge in [-0.05, 0) is 55.5 Å². The average molecular weight is 620 g/mol. The van der Waals surface area contributed by atoms with E-state index in [0.29, 0.717) is 28.6 Å².